The Bertz CT molecular complexity index is 696. The van der Waals surface area contributed by atoms with Gasteiger partial charge in [-0.3, -0.25) is 4.79 Å². The third kappa shape index (κ3) is 4.35. The lowest BCUT2D eigenvalue weighted by Crippen LogP contribution is -2.27. The van der Waals surface area contributed by atoms with Crippen molar-refractivity contribution >= 4 is 5.91 Å². The Morgan fingerprint density at radius 3 is 2.72 bits per heavy atom. The number of hydrogen-bond acceptors (Lipinski definition) is 4. The van der Waals surface area contributed by atoms with Crippen molar-refractivity contribution in [1.82, 2.24) is 5.32 Å². The normalized spacial score (nSPS) is 18.6. The molecule has 5 heteroatoms. The maximum Gasteiger partial charge on any atom is 0.223 e. The topological polar surface area (TPSA) is 60.7 Å². The predicted molar refractivity (Wildman–Crippen MR) is 95.0 cm³/mol. The minimum absolute atomic E-state index is 0.0467. The molecule has 1 saturated carbocycles. The fourth-order valence-corrected chi connectivity index (χ4v) is 3.01. The van der Waals surface area contributed by atoms with Crippen molar-refractivity contribution in [2.75, 3.05) is 19.8 Å². The molecule has 2 unspecified atom stereocenters. The number of rotatable bonds is 9. The minimum Gasteiger partial charge on any atom is -0.490 e. The third-order valence-corrected chi connectivity index (χ3v) is 4.36. The molecule has 0 aliphatic heterocycles. The molecule has 1 aliphatic rings. The van der Waals surface area contributed by atoms with Crippen molar-refractivity contribution in [2.24, 2.45) is 5.92 Å². The van der Waals surface area contributed by atoms with E-state index in [1.54, 1.807) is 6.26 Å². The van der Waals surface area contributed by atoms with E-state index < -0.39 is 0 Å². The van der Waals surface area contributed by atoms with Gasteiger partial charge in [0, 0.05) is 18.4 Å². The number of hydrogen-bond donors (Lipinski definition) is 1. The summed E-state index contributed by atoms with van der Waals surface area (Å²) in [4.78, 5) is 12.2. The Labute approximate surface area is 148 Å². The molecule has 0 bridgehead atoms. The molecular weight excluding hydrogens is 318 g/mol. The second-order valence-electron chi connectivity index (χ2n) is 6.15. The molecule has 1 heterocycles. The zero-order chi connectivity index (χ0) is 17.6. The lowest BCUT2D eigenvalue weighted by atomic mass is 10.1. The predicted octanol–water partition coefficient (Wildman–Crippen LogP) is 3.54. The fraction of sp³-hybridized carbons (Fsp3) is 0.450. The molecule has 2 aromatic rings. The van der Waals surface area contributed by atoms with Gasteiger partial charge in [-0.1, -0.05) is 6.07 Å². The van der Waals surface area contributed by atoms with Gasteiger partial charge in [-0.25, -0.2) is 0 Å². The average molecular weight is 343 g/mol. The van der Waals surface area contributed by atoms with E-state index in [0.717, 1.165) is 35.7 Å². The summed E-state index contributed by atoms with van der Waals surface area (Å²) < 4.78 is 16.6. The van der Waals surface area contributed by atoms with Gasteiger partial charge in [0.05, 0.1) is 19.5 Å². The zero-order valence-electron chi connectivity index (χ0n) is 14.8. The zero-order valence-corrected chi connectivity index (χ0v) is 14.8. The van der Waals surface area contributed by atoms with Crippen LogP contribution in [0.3, 0.4) is 0 Å². The van der Waals surface area contributed by atoms with Crippen LogP contribution in [0.25, 0.3) is 0 Å². The Balaban J connectivity index is 1.48. The van der Waals surface area contributed by atoms with E-state index in [1.807, 2.05) is 44.2 Å². The molecule has 1 fully saturated rings. The Morgan fingerprint density at radius 2 is 2.00 bits per heavy atom. The van der Waals surface area contributed by atoms with Gasteiger partial charge in [0.25, 0.3) is 0 Å². The highest BCUT2D eigenvalue weighted by Crippen LogP contribution is 2.47. The van der Waals surface area contributed by atoms with Crippen molar-refractivity contribution in [3.8, 4) is 11.5 Å². The van der Waals surface area contributed by atoms with Crippen LogP contribution in [0.2, 0.25) is 0 Å². The Morgan fingerprint density at radius 1 is 1.20 bits per heavy atom. The second kappa shape index (κ2) is 8.10. The van der Waals surface area contributed by atoms with Gasteiger partial charge < -0.3 is 19.2 Å². The molecule has 3 rings (SSSR count). The van der Waals surface area contributed by atoms with E-state index in [9.17, 15) is 4.79 Å². The summed E-state index contributed by atoms with van der Waals surface area (Å²) in [7, 11) is 0. The van der Waals surface area contributed by atoms with Gasteiger partial charge in [0.2, 0.25) is 5.91 Å². The standard InChI is InChI=1S/C20H25NO4/c1-3-23-18-8-7-14(12-19(18)24-4-2)9-10-21-20(22)16-13-15(16)17-6-5-11-25-17/h5-8,11-12,15-16H,3-4,9-10,13H2,1-2H3,(H,21,22). The van der Waals surface area contributed by atoms with Crippen LogP contribution in [0, 0.1) is 5.92 Å². The first-order valence-corrected chi connectivity index (χ1v) is 8.92. The van der Waals surface area contributed by atoms with Gasteiger partial charge >= 0.3 is 0 Å². The maximum atomic E-state index is 12.2. The number of amides is 1. The monoisotopic (exact) mass is 343 g/mol. The molecule has 134 valence electrons. The van der Waals surface area contributed by atoms with Crippen LogP contribution in [-0.2, 0) is 11.2 Å². The molecule has 1 amide bonds. The first kappa shape index (κ1) is 17.4. The van der Waals surface area contributed by atoms with Gasteiger partial charge in [0.1, 0.15) is 5.76 Å². The summed E-state index contributed by atoms with van der Waals surface area (Å²) >= 11 is 0. The van der Waals surface area contributed by atoms with Crippen molar-refractivity contribution in [1.29, 1.82) is 0 Å². The smallest absolute Gasteiger partial charge is 0.223 e. The Hall–Kier alpha value is -2.43. The number of carbonyl (C=O) groups is 1. The van der Waals surface area contributed by atoms with E-state index in [-0.39, 0.29) is 17.7 Å². The highest BCUT2D eigenvalue weighted by molar-refractivity contribution is 5.82. The van der Waals surface area contributed by atoms with Crippen LogP contribution in [0.1, 0.15) is 37.5 Å². The molecular formula is C20H25NO4. The van der Waals surface area contributed by atoms with Crippen LogP contribution in [-0.4, -0.2) is 25.7 Å². The van der Waals surface area contributed by atoms with Gasteiger partial charge in [-0.05, 0) is 56.5 Å². The summed E-state index contributed by atoms with van der Waals surface area (Å²) in [5.74, 6) is 2.82. The number of nitrogens with one attached hydrogen (secondary N) is 1. The molecule has 25 heavy (non-hydrogen) atoms. The molecule has 1 aromatic heterocycles. The van der Waals surface area contributed by atoms with Crippen molar-refractivity contribution in [3.05, 3.63) is 47.9 Å². The fourth-order valence-electron chi connectivity index (χ4n) is 3.01. The van der Waals surface area contributed by atoms with E-state index >= 15 is 0 Å². The lowest BCUT2D eigenvalue weighted by Gasteiger charge is -2.12. The summed E-state index contributed by atoms with van der Waals surface area (Å²) in [5, 5.41) is 3.02. The third-order valence-electron chi connectivity index (χ3n) is 4.36. The summed E-state index contributed by atoms with van der Waals surface area (Å²) in [6.45, 7) is 5.71. The lowest BCUT2D eigenvalue weighted by molar-refractivity contribution is -0.122. The van der Waals surface area contributed by atoms with Crippen molar-refractivity contribution in [3.63, 3.8) is 0 Å². The van der Waals surface area contributed by atoms with Crippen molar-refractivity contribution in [2.45, 2.75) is 32.6 Å². The van der Waals surface area contributed by atoms with E-state index in [2.05, 4.69) is 5.32 Å². The SMILES string of the molecule is CCOc1ccc(CCNC(=O)C2CC2c2ccco2)cc1OCC. The molecule has 0 spiro atoms. The second-order valence-corrected chi connectivity index (χ2v) is 6.15. The van der Waals surface area contributed by atoms with Crippen molar-refractivity contribution < 1.29 is 18.7 Å². The maximum absolute atomic E-state index is 12.2. The largest absolute Gasteiger partial charge is 0.490 e. The van der Waals surface area contributed by atoms with Crippen LogP contribution in [0.15, 0.2) is 41.0 Å². The highest BCUT2D eigenvalue weighted by Gasteiger charge is 2.45. The van der Waals surface area contributed by atoms with E-state index in [0.29, 0.717) is 19.8 Å². The van der Waals surface area contributed by atoms with Crippen LogP contribution in [0.5, 0.6) is 11.5 Å². The van der Waals surface area contributed by atoms with Gasteiger partial charge in [-0.2, -0.15) is 0 Å². The minimum atomic E-state index is 0.0467. The number of carbonyl (C=O) groups excluding carboxylic acids is 1. The van der Waals surface area contributed by atoms with E-state index in [1.165, 1.54) is 0 Å². The number of benzene rings is 1. The van der Waals surface area contributed by atoms with Gasteiger partial charge in [-0.15, -0.1) is 0 Å². The highest BCUT2D eigenvalue weighted by atomic mass is 16.5. The molecule has 0 saturated heterocycles. The van der Waals surface area contributed by atoms with Crippen LogP contribution in [0.4, 0.5) is 0 Å². The van der Waals surface area contributed by atoms with Crippen LogP contribution >= 0.6 is 0 Å². The first-order valence-electron chi connectivity index (χ1n) is 8.92. The molecule has 1 aliphatic carbocycles. The summed E-state index contributed by atoms with van der Waals surface area (Å²) in [6.07, 6.45) is 3.29. The van der Waals surface area contributed by atoms with Gasteiger partial charge in [0.15, 0.2) is 11.5 Å². The number of ether oxygens (including phenoxy) is 2. The van der Waals surface area contributed by atoms with E-state index in [4.69, 9.17) is 13.9 Å². The molecule has 0 radical (unpaired) electrons. The number of furan rings is 1. The summed E-state index contributed by atoms with van der Waals surface area (Å²) in [6, 6.07) is 9.74. The summed E-state index contributed by atoms with van der Waals surface area (Å²) in [5.41, 5.74) is 1.12. The molecule has 5 nitrogen and oxygen atoms in total. The van der Waals surface area contributed by atoms with Crippen LogP contribution < -0.4 is 14.8 Å². The Kier molecular flexibility index (Phi) is 5.64. The molecule has 1 aromatic carbocycles. The quantitative estimate of drug-likeness (QED) is 0.756. The first-order chi connectivity index (χ1) is 12.2. The average Bonchev–Trinajstić information content (AvgIpc) is 3.23. The molecule has 2 atom stereocenters. The molecule has 1 N–H and O–H groups in total.